The average Bonchev–Trinajstić information content (AvgIpc) is 2.44. The molecule has 3 N–H and O–H groups in total. The van der Waals surface area contributed by atoms with E-state index in [9.17, 15) is 0 Å². The van der Waals surface area contributed by atoms with Crippen molar-refractivity contribution in [2.24, 2.45) is 0 Å². The summed E-state index contributed by atoms with van der Waals surface area (Å²) < 4.78 is 10.6. The van der Waals surface area contributed by atoms with Crippen molar-refractivity contribution in [2.45, 2.75) is 0 Å². The number of nitrogens with one attached hydrogen (secondary N) is 1. The topological polar surface area (TPSA) is 82.3 Å². The Bertz CT molecular complexity index is 534. The molecule has 100 valence electrons. The highest BCUT2D eigenvalue weighted by molar-refractivity contribution is 5.43. The molecule has 0 spiro atoms. The van der Waals surface area contributed by atoms with Gasteiger partial charge in [0.05, 0.1) is 13.7 Å². The number of ether oxygens (including phenoxy) is 2. The third kappa shape index (κ3) is 4.02. The van der Waals surface area contributed by atoms with E-state index >= 15 is 0 Å². The monoisotopic (exact) mass is 260 g/mol. The Kier molecular flexibility index (Phi) is 4.39. The summed E-state index contributed by atoms with van der Waals surface area (Å²) in [6.45, 7) is 1.13. The Hall–Kier alpha value is -2.50. The van der Waals surface area contributed by atoms with Crippen molar-refractivity contribution in [1.29, 1.82) is 0 Å². The lowest BCUT2D eigenvalue weighted by atomic mass is 10.3. The maximum atomic E-state index is 5.66. The molecule has 0 aliphatic rings. The zero-order valence-corrected chi connectivity index (χ0v) is 10.7. The van der Waals surface area contributed by atoms with Gasteiger partial charge in [0.15, 0.2) is 0 Å². The first-order chi connectivity index (χ1) is 9.28. The van der Waals surface area contributed by atoms with E-state index in [1.165, 1.54) is 6.33 Å². The third-order valence-electron chi connectivity index (χ3n) is 2.39. The molecule has 0 amide bonds. The molecule has 1 aromatic heterocycles. The van der Waals surface area contributed by atoms with Crippen molar-refractivity contribution in [3.05, 3.63) is 36.7 Å². The first-order valence-corrected chi connectivity index (χ1v) is 5.86. The summed E-state index contributed by atoms with van der Waals surface area (Å²) in [6.07, 6.45) is 1.44. The standard InChI is InChI=1S/C13H16N4O2/c1-18-13-8-12(16-9-17-13)15-5-6-19-11-4-2-3-10(14)7-11/h2-4,7-9H,5-6,14H2,1H3,(H,15,16,17). The van der Waals surface area contributed by atoms with Crippen molar-refractivity contribution < 1.29 is 9.47 Å². The number of benzene rings is 1. The lowest BCUT2D eigenvalue weighted by Gasteiger charge is -2.08. The summed E-state index contributed by atoms with van der Waals surface area (Å²) in [6, 6.07) is 9.05. The van der Waals surface area contributed by atoms with Crippen LogP contribution in [0.4, 0.5) is 11.5 Å². The Labute approximate surface area is 111 Å². The van der Waals surface area contributed by atoms with Crippen molar-refractivity contribution in [2.75, 3.05) is 31.3 Å². The van der Waals surface area contributed by atoms with Gasteiger partial charge in [-0.2, -0.15) is 0 Å². The molecule has 2 rings (SSSR count). The molecule has 0 aliphatic heterocycles. The number of nitrogens with zero attached hydrogens (tertiary/aromatic N) is 2. The van der Waals surface area contributed by atoms with Crippen LogP contribution in [0.5, 0.6) is 11.6 Å². The quantitative estimate of drug-likeness (QED) is 0.606. The molecule has 2 aromatic rings. The summed E-state index contributed by atoms with van der Waals surface area (Å²) in [7, 11) is 1.56. The van der Waals surface area contributed by atoms with Crippen molar-refractivity contribution in [3.63, 3.8) is 0 Å². The van der Waals surface area contributed by atoms with Gasteiger partial charge >= 0.3 is 0 Å². The molecule has 6 heteroatoms. The van der Waals surface area contributed by atoms with Gasteiger partial charge in [-0.25, -0.2) is 9.97 Å². The number of nitrogen functional groups attached to an aromatic ring is 1. The molecule has 6 nitrogen and oxygen atoms in total. The minimum Gasteiger partial charge on any atom is -0.492 e. The Morgan fingerprint density at radius 3 is 2.95 bits per heavy atom. The maximum absolute atomic E-state index is 5.66. The van der Waals surface area contributed by atoms with Crippen LogP contribution in [0.3, 0.4) is 0 Å². The molecular weight excluding hydrogens is 244 g/mol. The van der Waals surface area contributed by atoms with E-state index in [0.717, 1.165) is 5.75 Å². The van der Waals surface area contributed by atoms with E-state index in [2.05, 4.69) is 15.3 Å². The van der Waals surface area contributed by atoms with E-state index in [4.69, 9.17) is 15.2 Å². The molecule has 0 unspecified atom stereocenters. The maximum Gasteiger partial charge on any atom is 0.218 e. The summed E-state index contributed by atoms with van der Waals surface area (Å²) in [5.74, 6) is 1.97. The smallest absolute Gasteiger partial charge is 0.218 e. The van der Waals surface area contributed by atoms with Gasteiger partial charge in [0.1, 0.15) is 24.5 Å². The highest BCUT2D eigenvalue weighted by Gasteiger charge is 1.98. The molecular formula is C13H16N4O2. The van der Waals surface area contributed by atoms with Crippen LogP contribution >= 0.6 is 0 Å². The van der Waals surface area contributed by atoms with E-state index in [1.54, 1.807) is 19.2 Å². The number of rotatable bonds is 6. The second kappa shape index (κ2) is 6.44. The summed E-state index contributed by atoms with van der Waals surface area (Å²) >= 11 is 0. The molecule has 0 saturated carbocycles. The number of hydrogen-bond donors (Lipinski definition) is 2. The second-order valence-electron chi connectivity index (χ2n) is 3.79. The van der Waals surface area contributed by atoms with Gasteiger partial charge in [-0.3, -0.25) is 0 Å². The minimum atomic E-state index is 0.510. The summed E-state index contributed by atoms with van der Waals surface area (Å²) in [5, 5.41) is 3.12. The zero-order chi connectivity index (χ0) is 13.5. The van der Waals surface area contributed by atoms with Crippen LogP contribution in [0.1, 0.15) is 0 Å². The Morgan fingerprint density at radius 1 is 1.26 bits per heavy atom. The molecule has 0 saturated heterocycles. The molecule has 0 radical (unpaired) electrons. The fourth-order valence-electron chi connectivity index (χ4n) is 1.50. The number of nitrogens with two attached hydrogens (primary N) is 1. The first kappa shape index (κ1) is 12.9. The second-order valence-corrected chi connectivity index (χ2v) is 3.79. The van der Waals surface area contributed by atoms with Crippen LogP contribution in [-0.4, -0.2) is 30.2 Å². The number of anilines is 2. The van der Waals surface area contributed by atoms with Crippen molar-refractivity contribution >= 4 is 11.5 Å². The average molecular weight is 260 g/mol. The SMILES string of the molecule is COc1cc(NCCOc2cccc(N)c2)ncn1. The predicted molar refractivity (Wildman–Crippen MR) is 73.4 cm³/mol. The van der Waals surface area contributed by atoms with Gasteiger partial charge in [0.25, 0.3) is 0 Å². The van der Waals surface area contributed by atoms with Gasteiger partial charge in [-0.15, -0.1) is 0 Å². The lowest BCUT2D eigenvalue weighted by molar-refractivity contribution is 0.333. The van der Waals surface area contributed by atoms with Crippen LogP contribution in [0.15, 0.2) is 36.7 Å². The van der Waals surface area contributed by atoms with Crippen LogP contribution in [0.25, 0.3) is 0 Å². The third-order valence-corrected chi connectivity index (χ3v) is 2.39. The Balaban J connectivity index is 1.77. The van der Waals surface area contributed by atoms with Crippen LogP contribution in [0.2, 0.25) is 0 Å². The fraction of sp³-hybridized carbons (Fsp3) is 0.231. The van der Waals surface area contributed by atoms with E-state index in [0.29, 0.717) is 30.5 Å². The van der Waals surface area contributed by atoms with E-state index in [-0.39, 0.29) is 0 Å². The van der Waals surface area contributed by atoms with Gasteiger partial charge in [0, 0.05) is 17.8 Å². The zero-order valence-electron chi connectivity index (χ0n) is 10.7. The largest absolute Gasteiger partial charge is 0.492 e. The van der Waals surface area contributed by atoms with Crippen LogP contribution in [0, 0.1) is 0 Å². The first-order valence-electron chi connectivity index (χ1n) is 5.86. The molecule has 0 fully saturated rings. The summed E-state index contributed by atoms with van der Waals surface area (Å²) in [5.41, 5.74) is 6.35. The highest BCUT2D eigenvalue weighted by Crippen LogP contribution is 2.14. The Morgan fingerprint density at radius 2 is 2.16 bits per heavy atom. The molecule has 1 aromatic carbocycles. The van der Waals surface area contributed by atoms with Gasteiger partial charge < -0.3 is 20.5 Å². The number of methoxy groups -OCH3 is 1. The van der Waals surface area contributed by atoms with Gasteiger partial charge in [-0.1, -0.05) is 6.07 Å². The highest BCUT2D eigenvalue weighted by atomic mass is 16.5. The molecule has 0 atom stereocenters. The fourth-order valence-corrected chi connectivity index (χ4v) is 1.50. The lowest BCUT2D eigenvalue weighted by Crippen LogP contribution is -2.12. The molecule has 1 heterocycles. The normalized spacial score (nSPS) is 9.95. The van der Waals surface area contributed by atoms with Crippen molar-refractivity contribution in [3.8, 4) is 11.6 Å². The summed E-state index contributed by atoms with van der Waals surface area (Å²) in [4.78, 5) is 7.99. The van der Waals surface area contributed by atoms with E-state index < -0.39 is 0 Å². The van der Waals surface area contributed by atoms with Crippen LogP contribution < -0.4 is 20.5 Å². The van der Waals surface area contributed by atoms with Gasteiger partial charge in [-0.05, 0) is 12.1 Å². The van der Waals surface area contributed by atoms with Gasteiger partial charge in [0.2, 0.25) is 5.88 Å². The van der Waals surface area contributed by atoms with E-state index in [1.807, 2.05) is 18.2 Å². The number of hydrogen-bond acceptors (Lipinski definition) is 6. The van der Waals surface area contributed by atoms with Crippen molar-refractivity contribution in [1.82, 2.24) is 9.97 Å². The predicted octanol–water partition coefficient (Wildman–Crippen LogP) is 1.56. The molecule has 19 heavy (non-hydrogen) atoms. The molecule has 0 aliphatic carbocycles. The number of aromatic nitrogens is 2. The molecule has 0 bridgehead atoms. The minimum absolute atomic E-state index is 0.510. The van der Waals surface area contributed by atoms with Crippen LogP contribution in [-0.2, 0) is 0 Å².